The monoisotopic (exact) mass is 473 g/mol. The Bertz CT molecular complexity index is 1190. The molecule has 1 aliphatic heterocycles. The molecule has 2 amide bonds. The molecule has 0 saturated carbocycles. The van der Waals surface area contributed by atoms with Gasteiger partial charge in [-0.15, -0.1) is 6.58 Å². The van der Waals surface area contributed by atoms with E-state index in [0.717, 1.165) is 31.7 Å². The van der Waals surface area contributed by atoms with Crippen molar-refractivity contribution < 1.29 is 14.0 Å². The summed E-state index contributed by atoms with van der Waals surface area (Å²) >= 11 is 0. The summed E-state index contributed by atoms with van der Waals surface area (Å²) in [5, 5.41) is 3.08. The van der Waals surface area contributed by atoms with Crippen LogP contribution in [0.2, 0.25) is 0 Å². The Morgan fingerprint density at radius 3 is 2.49 bits per heavy atom. The van der Waals surface area contributed by atoms with Crippen molar-refractivity contribution in [2.75, 3.05) is 31.6 Å². The summed E-state index contributed by atoms with van der Waals surface area (Å²) in [6, 6.07) is 13.3. The number of pyridine rings is 2. The fourth-order valence-electron chi connectivity index (χ4n) is 4.06. The summed E-state index contributed by atoms with van der Waals surface area (Å²) in [6.07, 6.45) is 6.37. The second kappa shape index (κ2) is 10.9. The molecule has 7 nitrogen and oxygen atoms in total. The van der Waals surface area contributed by atoms with Gasteiger partial charge in [0.2, 0.25) is 0 Å². The number of nitrogens with one attached hydrogen (secondary N) is 1. The third kappa shape index (κ3) is 5.90. The number of hydrogen-bond donors (Lipinski definition) is 1. The van der Waals surface area contributed by atoms with E-state index in [2.05, 4.69) is 26.8 Å². The molecular formula is C27H28FN5O2. The predicted octanol–water partition coefficient (Wildman–Crippen LogP) is 3.94. The van der Waals surface area contributed by atoms with Crippen LogP contribution in [0.3, 0.4) is 0 Å². The summed E-state index contributed by atoms with van der Waals surface area (Å²) in [5.41, 5.74) is 2.29. The summed E-state index contributed by atoms with van der Waals surface area (Å²) in [7, 11) is 1.73. The number of halogens is 1. The third-order valence-corrected chi connectivity index (χ3v) is 6.04. The van der Waals surface area contributed by atoms with Crippen molar-refractivity contribution in [3.05, 3.63) is 90.5 Å². The van der Waals surface area contributed by atoms with Gasteiger partial charge in [-0.3, -0.25) is 14.6 Å². The van der Waals surface area contributed by atoms with Crippen LogP contribution in [-0.2, 0) is 0 Å². The standard InChI is InChI=1S/C27H28FN5O2/c1-3-13-32(2)27(35)21-8-10-25(30-18-21)33-14-11-23(12-15-33)31-26(34)20-7-9-24(29-17-20)19-5-4-6-22(28)16-19/h3-10,16-18,23H,1,11-15H2,2H3,(H,31,34). The number of carbonyl (C=O) groups excluding carboxylic acids is 2. The van der Waals surface area contributed by atoms with Gasteiger partial charge in [0.15, 0.2) is 0 Å². The van der Waals surface area contributed by atoms with Gasteiger partial charge in [-0.2, -0.15) is 0 Å². The van der Waals surface area contributed by atoms with Gasteiger partial charge in [0.25, 0.3) is 11.8 Å². The molecule has 8 heteroatoms. The Morgan fingerprint density at radius 2 is 1.86 bits per heavy atom. The van der Waals surface area contributed by atoms with Crippen molar-refractivity contribution in [1.82, 2.24) is 20.2 Å². The van der Waals surface area contributed by atoms with Crippen LogP contribution in [0.1, 0.15) is 33.6 Å². The van der Waals surface area contributed by atoms with Crippen LogP contribution >= 0.6 is 0 Å². The minimum absolute atomic E-state index is 0.0510. The SMILES string of the molecule is C=CCN(C)C(=O)c1ccc(N2CCC(NC(=O)c3ccc(-c4cccc(F)c4)nc3)CC2)nc1. The average molecular weight is 474 g/mol. The minimum Gasteiger partial charge on any atom is -0.356 e. The van der Waals surface area contributed by atoms with E-state index in [4.69, 9.17) is 0 Å². The highest BCUT2D eigenvalue weighted by Gasteiger charge is 2.22. The molecule has 3 aromatic rings. The lowest BCUT2D eigenvalue weighted by Gasteiger charge is -2.33. The molecule has 1 aliphatic rings. The van der Waals surface area contributed by atoms with Gasteiger partial charge in [0.05, 0.1) is 16.8 Å². The van der Waals surface area contributed by atoms with Gasteiger partial charge in [-0.05, 0) is 49.2 Å². The zero-order chi connectivity index (χ0) is 24.8. The van der Waals surface area contributed by atoms with E-state index >= 15 is 0 Å². The van der Waals surface area contributed by atoms with Crippen molar-refractivity contribution in [2.24, 2.45) is 0 Å². The second-order valence-corrected chi connectivity index (χ2v) is 8.56. The number of likely N-dealkylation sites (N-methyl/N-ethyl adjacent to an activating group) is 1. The number of piperidine rings is 1. The lowest BCUT2D eigenvalue weighted by molar-refractivity contribution is 0.0809. The summed E-state index contributed by atoms with van der Waals surface area (Å²) in [5.74, 6) is 0.221. The molecule has 1 saturated heterocycles. The molecule has 180 valence electrons. The van der Waals surface area contributed by atoms with Gasteiger partial charge in [0, 0.05) is 50.7 Å². The number of nitrogens with zero attached hydrogens (tertiary/aromatic N) is 4. The van der Waals surface area contributed by atoms with Crippen LogP contribution in [0.15, 0.2) is 73.6 Å². The Labute approximate surface area is 204 Å². The van der Waals surface area contributed by atoms with E-state index in [1.165, 1.54) is 18.3 Å². The predicted molar refractivity (Wildman–Crippen MR) is 134 cm³/mol. The second-order valence-electron chi connectivity index (χ2n) is 8.56. The Hall–Kier alpha value is -4.07. The quantitative estimate of drug-likeness (QED) is 0.526. The van der Waals surface area contributed by atoms with Crippen LogP contribution in [0.4, 0.5) is 10.2 Å². The van der Waals surface area contributed by atoms with Crippen LogP contribution in [0.5, 0.6) is 0 Å². The molecule has 0 radical (unpaired) electrons. The van der Waals surface area contributed by atoms with E-state index in [-0.39, 0.29) is 23.7 Å². The van der Waals surface area contributed by atoms with Gasteiger partial charge < -0.3 is 15.1 Å². The van der Waals surface area contributed by atoms with Gasteiger partial charge in [0.1, 0.15) is 11.6 Å². The number of amides is 2. The highest BCUT2D eigenvalue weighted by molar-refractivity contribution is 5.94. The lowest BCUT2D eigenvalue weighted by atomic mass is 10.0. The minimum atomic E-state index is -0.326. The molecule has 0 aliphatic carbocycles. The summed E-state index contributed by atoms with van der Waals surface area (Å²) in [4.78, 5) is 37.6. The molecule has 1 N–H and O–H groups in total. The van der Waals surface area contributed by atoms with Crippen molar-refractivity contribution >= 4 is 17.6 Å². The zero-order valence-corrected chi connectivity index (χ0v) is 19.7. The average Bonchev–Trinajstić information content (AvgIpc) is 2.89. The molecule has 2 aromatic heterocycles. The number of aromatic nitrogens is 2. The zero-order valence-electron chi connectivity index (χ0n) is 19.7. The molecular weight excluding hydrogens is 445 g/mol. The fourth-order valence-corrected chi connectivity index (χ4v) is 4.06. The van der Waals surface area contributed by atoms with Gasteiger partial charge in [-0.1, -0.05) is 18.2 Å². The molecule has 0 bridgehead atoms. The first kappa shape index (κ1) is 24.1. The van der Waals surface area contributed by atoms with E-state index in [9.17, 15) is 14.0 Å². The first-order valence-corrected chi connectivity index (χ1v) is 11.5. The molecule has 1 fully saturated rings. The number of benzene rings is 1. The molecule has 0 atom stereocenters. The van der Waals surface area contributed by atoms with Crippen molar-refractivity contribution in [2.45, 2.75) is 18.9 Å². The van der Waals surface area contributed by atoms with E-state index in [1.807, 2.05) is 6.07 Å². The maximum atomic E-state index is 13.4. The van der Waals surface area contributed by atoms with Crippen molar-refractivity contribution in [1.29, 1.82) is 0 Å². The summed E-state index contributed by atoms with van der Waals surface area (Å²) in [6.45, 7) is 5.63. The number of hydrogen-bond acceptors (Lipinski definition) is 5. The van der Waals surface area contributed by atoms with Crippen LogP contribution in [0.25, 0.3) is 11.3 Å². The maximum Gasteiger partial charge on any atom is 0.255 e. The largest absolute Gasteiger partial charge is 0.356 e. The Kier molecular flexibility index (Phi) is 7.50. The van der Waals surface area contributed by atoms with Crippen molar-refractivity contribution in [3.8, 4) is 11.3 Å². The smallest absolute Gasteiger partial charge is 0.255 e. The number of anilines is 1. The van der Waals surface area contributed by atoms with Crippen molar-refractivity contribution in [3.63, 3.8) is 0 Å². The highest BCUT2D eigenvalue weighted by Crippen LogP contribution is 2.20. The van der Waals surface area contributed by atoms with Gasteiger partial charge >= 0.3 is 0 Å². The van der Waals surface area contributed by atoms with E-state index < -0.39 is 0 Å². The van der Waals surface area contributed by atoms with Crippen LogP contribution < -0.4 is 10.2 Å². The van der Waals surface area contributed by atoms with Crippen LogP contribution in [-0.4, -0.2) is 59.4 Å². The third-order valence-electron chi connectivity index (χ3n) is 6.04. The maximum absolute atomic E-state index is 13.4. The first-order chi connectivity index (χ1) is 16.9. The topological polar surface area (TPSA) is 78.4 Å². The van der Waals surface area contributed by atoms with Gasteiger partial charge in [-0.25, -0.2) is 9.37 Å². The molecule has 1 aromatic carbocycles. The Balaban J connectivity index is 1.29. The molecule has 0 spiro atoms. The lowest BCUT2D eigenvalue weighted by Crippen LogP contribution is -2.45. The molecule has 0 unspecified atom stereocenters. The number of rotatable bonds is 7. The first-order valence-electron chi connectivity index (χ1n) is 11.5. The summed E-state index contributed by atoms with van der Waals surface area (Å²) < 4.78 is 13.4. The molecule has 3 heterocycles. The normalized spacial score (nSPS) is 13.8. The van der Waals surface area contributed by atoms with Crippen LogP contribution in [0, 0.1) is 5.82 Å². The molecule has 4 rings (SSSR count). The number of carbonyl (C=O) groups is 2. The van der Waals surface area contributed by atoms with E-state index in [0.29, 0.717) is 28.9 Å². The fraction of sp³-hybridized carbons (Fsp3) is 0.259. The highest BCUT2D eigenvalue weighted by atomic mass is 19.1. The molecule has 35 heavy (non-hydrogen) atoms. The Morgan fingerprint density at radius 1 is 1.11 bits per heavy atom. The van der Waals surface area contributed by atoms with E-state index in [1.54, 1.807) is 54.6 Å².